The standard InChI is InChI=1S/C13H16N4O3S/c1-8-6-20-7-11(8)17-10(4-14)3-9-5-15-13(16-12(9)17)21(2,18)19/h3,8,11H,5-7H2,1-2H3,(H,15,16)/t8-,11-/m0/s1. The smallest absolute Gasteiger partial charge is 0.222 e. The van der Waals surface area contributed by atoms with Crippen molar-refractivity contribution in [1.29, 1.82) is 5.26 Å². The zero-order chi connectivity index (χ0) is 15.2. The highest BCUT2D eigenvalue weighted by atomic mass is 32.2. The zero-order valence-corrected chi connectivity index (χ0v) is 12.6. The normalized spacial score (nSPS) is 24.9. The first-order valence-electron chi connectivity index (χ1n) is 6.66. The molecule has 2 aliphatic rings. The fourth-order valence-electron chi connectivity index (χ4n) is 2.75. The van der Waals surface area contributed by atoms with Crippen LogP contribution in [0.2, 0.25) is 0 Å². The van der Waals surface area contributed by atoms with Crippen molar-refractivity contribution >= 4 is 20.8 Å². The first-order chi connectivity index (χ1) is 9.91. The maximum Gasteiger partial charge on any atom is 0.222 e. The molecule has 2 atom stereocenters. The second kappa shape index (κ2) is 4.86. The molecular formula is C13H16N4O3S. The molecule has 1 aromatic heterocycles. The second-order valence-corrected chi connectivity index (χ2v) is 7.42. The van der Waals surface area contributed by atoms with Gasteiger partial charge < -0.3 is 14.6 Å². The molecule has 0 aliphatic carbocycles. The molecule has 0 unspecified atom stereocenters. The Morgan fingerprint density at radius 3 is 2.86 bits per heavy atom. The van der Waals surface area contributed by atoms with Crippen LogP contribution in [0.15, 0.2) is 11.1 Å². The van der Waals surface area contributed by atoms with Gasteiger partial charge in [0.15, 0.2) is 0 Å². The van der Waals surface area contributed by atoms with E-state index in [9.17, 15) is 13.7 Å². The molecule has 0 bridgehead atoms. The van der Waals surface area contributed by atoms with Crippen molar-refractivity contribution in [3.63, 3.8) is 0 Å². The fourth-order valence-corrected chi connectivity index (χ4v) is 3.33. The number of rotatable bonds is 1. The van der Waals surface area contributed by atoms with Crippen LogP contribution in [-0.4, -0.2) is 37.6 Å². The van der Waals surface area contributed by atoms with E-state index in [1.165, 1.54) is 0 Å². The summed E-state index contributed by atoms with van der Waals surface area (Å²) < 4.78 is 30.6. The van der Waals surface area contributed by atoms with Crippen LogP contribution in [0.5, 0.6) is 0 Å². The molecule has 1 saturated heterocycles. The summed E-state index contributed by atoms with van der Waals surface area (Å²) in [6, 6.07) is 3.93. The molecule has 0 radical (unpaired) electrons. The molecule has 2 aliphatic heterocycles. The topological polar surface area (TPSA) is 96.5 Å². The first-order valence-corrected chi connectivity index (χ1v) is 8.55. The van der Waals surface area contributed by atoms with E-state index in [0.717, 1.165) is 11.8 Å². The lowest BCUT2D eigenvalue weighted by Crippen LogP contribution is -2.32. The lowest BCUT2D eigenvalue weighted by atomic mass is 10.1. The number of hydrogen-bond acceptors (Lipinski definition) is 6. The molecule has 8 heteroatoms. The van der Waals surface area contributed by atoms with Gasteiger partial charge in [0.25, 0.3) is 0 Å². The number of aromatic nitrogens is 1. The van der Waals surface area contributed by atoms with Gasteiger partial charge in [0.1, 0.15) is 17.6 Å². The van der Waals surface area contributed by atoms with E-state index in [1.807, 2.05) is 11.5 Å². The predicted octanol–water partition coefficient (Wildman–Crippen LogP) is 0.702. The number of fused-ring (bicyclic) bond motifs is 1. The number of sulfone groups is 1. The molecule has 1 aromatic rings. The van der Waals surface area contributed by atoms with Crippen molar-refractivity contribution in [1.82, 2.24) is 9.88 Å². The third-order valence-corrected chi connectivity index (χ3v) is 4.79. The van der Waals surface area contributed by atoms with Gasteiger partial charge in [-0.3, -0.25) is 0 Å². The van der Waals surface area contributed by atoms with E-state index in [1.54, 1.807) is 6.07 Å². The Morgan fingerprint density at radius 1 is 1.52 bits per heavy atom. The highest BCUT2D eigenvalue weighted by Crippen LogP contribution is 2.36. The van der Waals surface area contributed by atoms with E-state index in [0.29, 0.717) is 31.3 Å². The molecule has 112 valence electrons. The molecule has 21 heavy (non-hydrogen) atoms. The average Bonchev–Trinajstić information content (AvgIpc) is 2.99. The number of hydrogen-bond donors (Lipinski definition) is 1. The van der Waals surface area contributed by atoms with Crippen molar-refractivity contribution in [2.24, 2.45) is 10.9 Å². The summed E-state index contributed by atoms with van der Waals surface area (Å²) in [6.45, 7) is 3.54. The van der Waals surface area contributed by atoms with Crippen molar-refractivity contribution in [2.45, 2.75) is 19.5 Å². The van der Waals surface area contributed by atoms with Gasteiger partial charge in [-0.1, -0.05) is 6.92 Å². The molecule has 1 N–H and O–H groups in total. The minimum atomic E-state index is -3.41. The second-order valence-electron chi connectivity index (χ2n) is 5.48. The summed E-state index contributed by atoms with van der Waals surface area (Å²) in [4.78, 5) is 4.24. The number of nitrogens with zero attached hydrogens (tertiary/aromatic N) is 3. The van der Waals surface area contributed by atoms with Crippen molar-refractivity contribution in [3.8, 4) is 6.07 Å². The van der Waals surface area contributed by atoms with Gasteiger partial charge >= 0.3 is 0 Å². The Balaban J connectivity index is 2.16. The van der Waals surface area contributed by atoms with Crippen LogP contribution < -0.4 is 5.32 Å². The molecule has 0 amide bonds. The molecule has 3 heterocycles. The van der Waals surface area contributed by atoms with E-state index < -0.39 is 9.84 Å². The van der Waals surface area contributed by atoms with Crippen LogP contribution in [0.4, 0.5) is 5.82 Å². The molecule has 3 rings (SSSR count). The SMILES string of the molecule is C[C@H]1COC[C@@H]1n1c(C#N)cc2c1N=C(S(C)(=O)=O)NC2. The minimum absolute atomic E-state index is 0.00561. The van der Waals surface area contributed by atoms with E-state index >= 15 is 0 Å². The summed E-state index contributed by atoms with van der Waals surface area (Å²) >= 11 is 0. The highest BCUT2D eigenvalue weighted by molar-refractivity contribution is 8.05. The summed E-state index contributed by atoms with van der Waals surface area (Å²) in [5.74, 6) is 0.799. The number of nitrogens with one attached hydrogen (secondary N) is 1. The van der Waals surface area contributed by atoms with Gasteiger partial charge in [0.2, 0.25) is 15.0 Å². The number of ether oxygens (including phenoxy) is 1. The van der Waals surface area contributed by atoms with E-state index in [2.05, 4.69) is 16.4 Å². The van der Waals surface area contributed by atoms with Gasteiger partial charge in [-0.25, -0.2) is 13.4 Å². The monoisotopic (exact) mass is 308 g/mol. The third kappa shape index (κ3) is 2.32. The zero-order valence-electron chi connectivity index (χ0n) is 11.8. The summed E-state index contributed by atoms with van der Waals surface area (Å²) in [6.07, 6.45) is 1.11. The Labute approximate surface area is 123 Å². The Bertz CT molecular complexity index is 757. The van der Waals surface area contributed by atoms with Crippen LogP contribution >= 0.6 is 0 Å². The predicted molar refractivity (Wildman–Crippen MR) is 76.9 cm³/mol. The highest BCUT2D eigenvalue weighted by Gasteiger charge is 2.32. The maximum absolute atomic E-state index is 11.7. The third-order valence-electron chi connectivity index (χ3n) is 3.85. The quantitative estimate of drug-likeness (QED) is 0.824. The van der Waals surface area contributed by atoms with Crippen LogP contribution in [0.25, 0.3) is 0 Å². The first kappa shape index (κ1) is 14.1. The van der Waals surface area contributed by atoms with E-state index in [-0.39, 0.29) is 17.1 Å². The van der Waals surface area contributed by atoms with Crippen molar-refractivity contribution < 1.29 is 13.2 Å². The van der Waals surface area contributed by atoms with Gasteiger partial charge in [0, 0.05) is 24.3 Å². The maximum atomic E-state index is 11.7. The summed E-state index contributed by atoms with van der Waals surface area (Å²) in [7, 11) is -3.41. The van der Waals surface area contributed by atoms with E-state index in [4.69, 9.17) is 4.74 Å². The van der Waals surface area contributed by atoms with Crippen molar-refractivity contribution in [2.75, 3.05) is 19.5 Å². The van der Waals surface area contributed by atoms with Gasteiger partial charge in [-0.2, -0.15) is 5.26 Å². The molecule has 0 aromatic carbocycles. The lowest BCUT2D eigenvalue weighted by Gasteiger charge is -2.21. The van der Waals surface area contributed by atoms with Crippen LogP contribution in [0.3, 0.4) is 0 Å². The molecular weight excluding hydrogens is 292 g/mol. The number of nitriles is 1. The Hall–Kier alpha value is -1.85. The summed E-state index contributed by atoms with van der Waals surface area (Å²) in [5, 5.41) is 12.1. The Morgan fingerprint density at radius 2 is 2.29 bits per heavy atom. The largest absolute Gasteiger partial charge is 0.379 e. The summed E-state index contributed by atoms with van der Waals surface area (Å²) in [5.41, 5.74) is 1.32. The number of aliphatic imine (C=N–C) groups is 1. The average molecular weight is 308 g/mol. The number of amidine groups is 1. The molecule has 1 fully saturated rings. The van der Waals surface area contributed by atoms with Crippen LogP contribution in [-0.2, 0) is 21.1 Å². The van der Waals surface area contributed by atoms with Gasteiger partial charge in [0.05, 0.1) is 19.3 Å². The molecule has 0 spiro atoms. The minimum Gasteiger partial charge on any atom is -0.379 e. The van der Waals surface area contributed by atoms with Gasteiger partial charge in [-0.05, 0) is 6.07 Å². The lowest BCUT2D eigenvalue weighted by molar-refractivity contribution is 0.182. The molecule has 7 nitrogen and oxygen atoms in total. The fraction of sp³-hybridized carbons (Fsp3) is 0.538. The van der Waals surface area contributed by atoms with Crippen molar-refractivity contribution in [3.05, 3.63) is 17.3 Å². The molecule has 0 saturated carbocycles. The van der Waals surface area contributed by atoms with Crippen LogP contribution in [0.1, 0.15) is 24.2 Å². The van der Waals surface area contributed by atoms with Gasteiger partial charge in [-0.15, -0.1) is 0 Å². The van der Waals surface area contributed by atoms with Crippen LogP contribution in [0, 0.1) is 17.2 Å². The Kier molecular flexibility index (Phi) is 3.26.